The van der Waals surface area contributed by atoms with Crippen LogP contribution in [0.1, 0.15) is 21.5 Å². The van der Waals surface area contributed by atoms with E-state index < -0.39 is 0 Å². The molecule has 0 bridgehead atoms. The van der Waals surface area contributed by atoms with Gasteiger partial charge in [-0.2, -0.15) is 16.8 Å². The van der Waals surface area contributed by atoms with Gasteiger partial charge >= 0.3 is 0 Å². The molecule has 0 unspecified atom stereocenters. The average molecular weight is 449 g/mol. The molecule has 6 heteroatoms. The highest BCUT2D eigenvalue weighted by Crippen LogP contribution is 2.23. The van der Waals surface area contributed by atoms with Crippen molar-refractivity contribution in [2.24, 2.45) is 4.99 Å². The van der Waals surface area contributed by atoms with E-state index in [0.29, 0.717) is 5.56 Å². The van der Waals surface area contributed by atoms with E-state index in [1.165, 1.54) is 22.5 Å². The number of aryl methyl sites for hydroxylation is 1. The summed E-state index contributed by atoms with van der Waals surface area (Å²) < 4.78 is 8.54. The molecule has 3 aromatic carbocycles. The molecule has 31 heavy (non-hydrogen) atoms. The second-order valence-electron chi connectivity index (χ2n) is 7.14. The molecule has 4 nitrogen and oxygen atoms in total. The Balaban J connectivity index is 1.63. The van der Waals surface area contributed by atoms with Crippen molar-refractivity contribution >= 4 is 39.2 Å². The Morgan fingerprint density at radius 2 is 1.77 bits per heavy atom. The van der Waals surface area contributed by atoms with Crippen LogP contribution in [0.5, 0.6) is 5.75 Å². The molecule has 0 aliphatic carbocycles. The smallest absolute Gasteiger partial charge is 0.279 e. The van der Waals surface area contributed by atoms with Crippen molar-refractivity contribution in [2.45, 2.75) is 13.0 Å². The van der Waals surface area contributed by atoms with Crippen LogP contribution in [0.25, 0.3) is 10.2 Å². The van der Waals surface area contributed by atoms with Crippen LogP contribution >= 0.6 is 23.1 Å². The van der Waals surface area contributed by atoms with Crippen LogP contribution in [0.3, 0.4) is 0 Å². The highest BCUT2D eigenvalue weighted by molar-refractivity contribution is 7.98. The number of rotatable bonds is 7. The zero-order valence-corrected chi connectivity index (χ0v) is 19.2. The molecular formula is C25H24N2O2S2. The number of aromatic nitrogens is 1. The maximum absolute atomic E-state index is 12.9. The van der Waals surface area contributed by atoms with Crippen molar-refractivity contribution in [3.05, 3.63) is 94.3 Å². The van der Waals surface area contributed by atoms with E-state index in [0.717, 1.165) is 39.5 Å². The van der Waals surface area contributed by atoms with Gasteiger partial charge in [-0.15, -0.1) is 0 Å². The lowest BCUT2D eigenvalue weighted by Crippen LogP contribution is -2.18. The fraction of sp³-hybridized carbons (Fsp3) is 0.200. The first-order chi connectivity index (χ1) is 15.2. The van der Waals surface area contributed by atoms with Crippen molar-refractivity contribution in [2.75, 3.05) is 19.1 Å². The van der Waals surface area contributed by atoms with Gasteiger partial charge in [0.25, 0.3) is 5.91 Å². The van der Waals surface area contributed by atoms with E-state index in [4.69, 9.17) is 4.74 Å². The van der Waals surface area contributed by atoms with Crippen molar-refractivity contribution in [1.82, 2.24) is 4.57 Å². The molecular weight excluding hydrogens is 424 g/mol. The van der Waals surface area contributed by atoms with Gasteiger partial charge in [0.1, 0.15) is 5.75 Å². The van der Waals surface area contributed by atoms with E-state index >= 15 is 0 Å². The Morgan fingerprint density at radius 3 is 2.48 bits per heavy atom. The summed E-state index contributed by atoms with van der Waals surface area (Å²) in [6, 6.07) is 24.0. The van der Waals surface area contributed by atoms with Gasteiger partial charge in [0.15, 0.2) is 4.80 Å². The van der Waals surface area contributed by atoms with Crippen molar-refractivity contribution in [1.29, 1.82) is 0 Å². The highest BCUT2D eigenvalue weighted by atomic mass is 32.2. The van der Waals surface area contributed by atoms with E-state index in [1.807, 2.05) is 60.7 Å². The first-order valence-electron chi connectivity index (χ1n) is 10.1. The number of ether oxygens (including phenoxy) is 1. The molecule has 4 aromatic rings. The molecule has 0 aliphatic heterocycles. The van der Waals surface area contributed by atoms with E-state index in [9.17, 15) is 4.79 Å². The summed E-state index contributed by atoms with van der Waals surface area (Å²) in [5, 5.41) is 0. The number of fused-ring (bicyclic) bond motifs is 1. The summed E-state index contributed by atoms with van der Waals surface area (Å²) in [5.74, 6) is 1.54. The highest BCUT2D eigenvalue weighted by Gasteiger charge is 2.10. The van der Waals surface area contributed by atoms with Gasteiger partial charge in [-0.25, -0.2) is 0 Å². The molecule has 1 amide bonds. The fourth-order valence-corrected chi connectivity index (χ4v) is 4.86. The van der Waals surface area contributed by atoms with Gasteiger partial charge in [0.2, 0.25) is 0 Å². The lowest BCUT2D eigenvalue weighted by atomic mass is 10.0. The van der Waals surface area contributed by atoms with Gasteiger partial charge < -0.3 is 9.30 Å². The Labute approximate surface area is 190 Å². The van der Waals surface area contributed by atoms with E-state index in [-0.39, 0.29) is 5.91 Å². The molecule has 0 saturated heterocycles. The molecule has 0 saturated carbocycles. The first kappa shape index (κ1) is 21.4. The van der Waals surface area contributed by atoms with Crippen LogP contribution in [0.4, 0.5) is 0 Å². The van der Waals surface area contributed by atoms with E-state index in [1.54, 1.807) is 18.9 Å². The number of carbonyl (C=O) groups is 1. The maximum Gasteiger partial charge on any atom is 0.279 e. The molecule has 1 aromatic heterocycles. The second kappa shape index (κ2) is 9.98. The third kappa shape index (κ3) is 5.09. The van der Waals surface area contributed by atoms with Crippen LogP contribution in [-0.4, -0.2) is 29.6 Å². The Hall–Kier alpha value is -2.83. The number of hydrogen-bond donors (Lipinski definition) is 0. The number of benzene rings is 3. The Kier molecular flexibility index (Phi) is 6.89. The molecule has 0 atom stereocenters. The van der Waals surface area contributed by atoms with Crippen LogP contribution < -0.4 is 9.54 Å². The normalized spacial score (nSPS) is 11.7. The van der Waals surface area contributed by atoms with Gasteiger partial charge in [-0.1, -0.05) is 53.8 Å². The summed E-state index contributed by atoms with van der Waals surface area (Å²) in [7, 11) is 1.66. The molecule has 0 spiro atoms. The van der Waals surface area contributed by atoms with Gasteiger partial charge in [0.05, 0.1) is 17.3 Å². The topological polar surface area (TPSA) is 43.6 Å². The summed E-state index contributed by atoms with van der Waals surface area (Å²) in [5.41, 5.74) is 4.10. The standard InChI is InChI=1S/C25H24N2O2S2/c1-29-21-12-13-22-23(17-21)31-25(27(22)14-15-30-2)26-24(28)20-10-8-19(9-11-20)16-18-6-4-3-5-7-18/h3-13,17H,14-16H2,1-2H3. The average Bonchev–Trinajstić information content (AvgIpc) is 3.14. The van der Waals surface area contributed by atoms with Crippen LogP contribution in [-0.2, 0) is 13.0 Å². The van der Waals surface area contributed by atoms with Crippen molar-refractivity contribution in [3.8, 4) is 5.75 Å². The van der Waals surface area contributed by atoms with Crippen molar-refractivity contribution in [3.63, 3.8) is 0 Å². The molecule has 1 heterocycles. The predicted octanol–water partition coefficient (Wildman–Crippen LogP) is 5.41. The largest absolute Gasteiger partial charge is 0.497 e. The quantitative estimate of drug-likeness (QED) is 0.380. The lowest BCUT2D eigenvalue weighted by Gasteiger charge is -2.05. The fourth-order valence-electron chi connectivity index (χ4n) is 3.41. The third-order valence-electron chi connectivity index (χ3n) is 5.06. The predicted molar refractivity (Wildman–Crippen MR) is 130 cm³/mol. The zero-order chi connectivity index (χ0) is 21.6. The number of methoxy groups -OCH3 is 1. The van der Waals surface area contributed by atoms with Crippen LogP contribution in [0, 0.1) is 0 Å². The number of nitrogens with zero attached hydrogens (tertiary/aromatic N) is 2. The summed E-state index contributed by atoms with van der Waals surface area (Å²) in [6.45, 7) is 0.801. The summed E-state index contributed by atoms with van der Waals surface area (Å²) >= 11 is 3.29. The zero-order valence-electron chi connectivity index (χ0n) is 17.6. The second-order valence-corrected chi connectivity index (χ2v) is 9.13. The molecule has 4 rings (SSSR count). The minimum atomic E-state index is -0.220. The first-order valence-corrected chi connectivity index (χ1v) is 12.3. The SMILES string of the molecule is COc1ccc2c(c1)sc(=NC(=O)c1ccc(Cc3ccccc3)cc1)n2CCSC. The van der Waals surface area contributed by atoms with Gasteiger partial charge in [0, 0.05) is 17.9 Å². The number of carbonyl (C=O) groups excluding carboxylic acids is 1. The van der Waals surface area contributed by atoms with Gasteiger partial charge in [-0.05, 0) is 54.1 Å². The summed E-state index contributed by atoms with van der Waals surface area (Å²) in [4.78, 5) is 18.1. The number of amides is 1. The minimum Gasteiger partial charge on any atom is -0.497 e. The number of thioether (sulfide) groups is 1. The number of thiazole rings is 1. The molecule has 0 fully saturated rings. The minimum absolute atomic E-state index is 0.220. The lowest BCUT2D eigenvalue weighted by molar-refractivity contribution is 0.0998. The molecule has 0 aliphatic rings. The summed E-state index contributed by atoms with van der Waals surface area (Å²) in [6.07, 6.45) is 2.93. The van der Waals surface area contributed by atoms with Gasteiger partial charge in [-0.3, -0.25) is 4.79 Å². The number of hydrogen-bond acceptors (Lipinski definition) is 4. The monoisotopic (exact) mass is 448 g/mol. The van der Waals surface area contributed by atoms with Crippen LogP contribution in [0.15, 0.2) is 77.8 Å². The van der Waals surface area contributed by atoms with Crippen molar-refractivity contribution < 1.29 is 9.53 Å². The van der Waals surface area contributed by atoms with Crippen LogP contribution in [0.2, 0.25) is 0 Å². The Bertz CT molecular complexity index is 1240. The Morgan fingerprint density at radius 1 is 1.03 bits per heavy atom. The molecule has 0 N–H and O–H groups in total. The molecule has 0 radical (unpaired) electrons. The maximum atomic E-state index is 12.9. The third-order valence-corrected chi connectivity index (χ3v) is 6.69. The van der Waals surface area contributed by atoms with E-state index in [2.05, 4.69) is 27.9 Å². The molecule has 158 valence electrons.